The Morgan fingerprint density at radius 3 is 1.85 bits per heavy atom. The largest absolute Gasteiger partial charge is 0.756 e. The van der Waals surface area contributed by atoms with Crippen molar-refractivity contribution in [2.75, 3.05) is 54.6 Å². The van der Waals surface area contributed by atoms with Crippen molar-refractivity contribution in [3.63, 3.8) is 0 Å². The summed E-state index contributed by atoms with van der Waals surface area (Å²) >= 11 is 0. The molecule has 2 atom stereocenters. The fraction of sp³-hybridized carbons (Fsp3) is 0.960. The monoisotopic (exact) mass is 508 g/mol. The first-order chi connectivity index (χ1) is 16.1. The highest BCUT2D eigenvalue weighted by atomic mass is 31.2. The molecule has 0 radical (unpaired) electrons. The third-order valence-electron chi connectivity index (χ3n) is 5.80. The van der Waals surface area contributed by atoms with Crippen LogP contribution in [0.4, 0.5) is 0 Å². The fourth-order valence-electron chi connectivity index (χ4n) is 3.47. The zero-order valence-corrected chi connectivity index (χ0v) is 23.5. The van der Waals surface area contributed by atoms with E-state index in [-0.39, 0.29) is 25.7 Å². The number of nitrogens with zero attached hydrogens (tertiary/aromatic N) is 1. The molecule has 8 nitrogen and oxygen atoms in total. The maximum atomic E-state index is 12.1. The molecule has 0 aromatic rings. The number of carbonyl (C=O) groups is 1. The molecule has 34 heavy (non-hydrogen) atoms. The molecule has 0 saturated carbocycles. The topological polar surface area (TPSA) is 96.9 Å². The minimum atomic E-state index is -4.39. The number of hydrogen-bond donors (Lipinski definition) is 1. The number of amides is 1. The van der Waals surface area contributed by atoms with E-state index in [0.717, 1.165) is 12.8 Å². The molecule has 0 aromatic carbocycles. The van der Waals surface area contributed by atoms with Gasteiger partial charge in [0.2, 0.25) is 5.91 Å². The van der Waals surface area contributed by atoms with Crippen LogP contribution < -0.4 is 10.2 Å². The van der Waals surface area contributed by atoms with Crippen molar-refractivity contribution in [1.29, 1.82) is 0 Å². The highest BCUT2D eigenvalue weighted by molar-refractivity contribution is 7.45. The number of rotatable bonds is 24. The van der Waals surface area contributed by atoms with Crippen LogP contribution in [0.2, 0.25) is 0 Å². The highest BCUT2D eigenvalue weighted by Gasteiger charge is 2.17. The lowest BCUT2D eigenvalue weighted by Gasteiger charge is -2.28. The van der Waals surface area contributed by atoms with Crippen molar-refractivity contribution in [2.24, 2.45) is 0 Å². The second-order valence-corrected chi connectivity index (χ2v) is 11.7. The lowest BCUT2D eigenvalue weighted by Crippen LogP contribution is -2.38. The zero-order chi connectivity index (χ0) is 25.7. The molecule has 0 aliphatic carbocycles. The Bertz CT molecular complexity index is 542. The van der Waals surface area contributed by atoms with Crippen molar-refractivity contribution in [3.05, 3.63) is 0 Å². The Kier molecular flexibility index (Phi) is 20.4. The number of ether oxygens (including phenoxy) is 1. The molecule has 0 aromatic heterocycles. The summed E-state index contributed by atoms with van der Waals surface area (Å²) in [6, 6.07) is 0. The molecule has 1 N–H and O–H groups in total. The van der Waals surface area contributed by atoms with Crippen LogP contribution in [-0.2, 0) is 23.1 Å². The lowest BCUT2D eigenvalue weighted by molar-refractivity contribution is -0.870. The maximum absolute atomic E-state index is 12.1. The van der Waals surface area contributed by atoms with Gasteiger partial charge in [-0.2, -0.15) is 0 Å². The minimum absolute atomic E-state index is 0.0466. The summed E-state index contributed by atoms with van der Waals surface area (Å²) in [6.07, 6.45) is 16.4. The Hall–Kier alpha value is -0.500. The van der Waals surface area contributed by atoms with Crippen LogP contribution in [-0.4, -0.2) is 71.1 Å². The molecule has 0 heterocycles. The number of methoxy groups -OCH3 is 1. The molecule has 0 rings (SSSR count). The van der Waals surface area contributed by atoms with Gasteiger partial charge in [0.15, 0.2) is 0 Å². The Labute approximate surface area is 209 Å². The Balaban J connectivity index is 3.71. The van der Waals surface area contributed by atoms with Crippen molar-refractivity contribution in [3.8, 4) is 0 Å². The third kappa shape index (κ3) is 23.3. The number of phosphoric ester groups is 1. The quantitative estimate of drug-likeness (QED) is 0.114. The molecule has 2 unspecified atom stereocenters. The zero-order valence-electron chi connectivity index (χ0n) is 22.6. The van der Waals surface area contributed by atoms with Gasteiger partial charge in [-0.1, -0.05) is 84.0 Å². The molecule has 0 spiro atoms. The van der Waals surface area contributed by atoms with Gasteiger partial charge in [-0.05, 0) is 6.42 Å². The summed E-state index contributed by atoms with van der Waals surface area (Å²) < 4.78 is 27.4. The van der Waals surface area contributed by atoms with Gasteiger partial charge in [0.05, 0.1) is 33.9 Å². The molecule has 0 bridgehead atoms. The van der Waals surface area contributed by atoms with Gasteiger partial charge in [0.25, 0.3) is 7.82 Å². The molecule has 0 aliphatic rings. The van der Waals surface area contributed by atoms with Crippen molar-refractivity contribution >= 4 is 13.7 Å². The van der Waals surface area contributed by atoms with E-state index < -0.39 is 13.9 Å². The van der Waals surface area contributed by atoms with Gasteiger partial charge in [0.1, 0.15) is 13.2 Å². The second-order valence-electron chi connectivity index (χ2n) is 10.2. The summed E-state index contributed by atoms with van der Waals surface area (Å²) in [5.74, 6) is -0.0466. The van der Waals surface area contributed by atoms with Gasteiger partial charge in [-0.3, -0.25) is 9.36 Å². The van der Waals surface area contributed by atoms with E-state index >= 15 is 0 Å². The van der Waals surface area contributed by atoms with Crippen LogP contribution in [0, 0.1) is 0 Å². The highest BCUT2D eigenvalue weighted by Crippen LogP contribution is 2.38. The van der Waals surface area contributed by atoms with E-state index in [4.69, 9.17) is 13.8 Å². The van der Waals surface area contributed by atoms with E-state index in [1.807, 2.05) is 21.1 Å². The Morgan fingerprint density at radius 1 is 0.882 bits per heavy atom. The number of unbranched alkanes of at least 4 members (excludes halogenated alkanes) is 12. The van der Waals surface area contributed by atoms with Crippen LogP contribution in [0.3, 0.4) is 0 Å². The minimum Gasteiger partial charge on any atom is -0.756 e. The van der Waals surface area contributed by atoms with E-state index in [9.17, 15) is 14.3 Å². The van der Waals surface area contributed by atoms with Gasteiger partial charge in [-0.25, -0.2) is 0 Å². The first kappa shape index (κ1) is 33.5. The molecule has 204 valence electrons. The average molecular weight is 509 g/mol. The van der Waals surface area contributed by atoms with Gasteiger partial charge in [0, 0.05) is 20.1 Å². The smallest absolute Gasteiger partial charge is 0.268 e. The summed E-state index contributed by atoms with van der Waals surface area (Å²) in [7, 11) is 2.91. The van der Waals surface area contributed by atoms with Crippen LogP contribution >= 0.6 is 7.82 Å². The summed E-state index contributed by atoms with van der Waals surface area (Å²) in [5.41, 5.74) is 0. The number of nitrogens with one attached hydrogen (secondary N) is 1. The van der Waals surface area contributed by atoms with Crippen molar-refractivity contribution < 1.29 is 32.5 Å². The van der Waals surface area contributed by atoms with Crippen LogP contribution in [0.5, 0.6) is 0 Å². The van der Waals surface area contributed by atoms with Crippen LogP contribution in [0.15, 0.2) is 0 Å². The van der Waals surface area contributed by atoms with Gasteiger partial charge >= 0.3 is 0 Å². The SMILES string of the molecule is CCCCCCCCCCCCCCCC(=O)NCC(COP(=O)([O-])OCC[N+](C)(C)C)OC. The third-order valence-corrected chi connectivity index (χ3v) is 6.76. The average Bonchev–Trinajstić information content (AvgIpc) is 2.76. The molecular formula is C25H53N2O6P. The second kappa shape index (κ2) is 20.7. The van der Waals surface area contributed by atoms with Crippen LogP contribution in [0.25, 0.3) is 0 Å². The molecular weight excluding hydrogens is 455 g/mol. The summed E-state index contributed by atoms with van der Waals surface area (Å²) in [5, 5.41) is 2.80. The van der Waals surface area contributed by atoms with Crippen molar-refractivity contribution in [1.82, 2.24) is 5.32 Å². The number of quaternary nitrogens is 1. The van der Waals surface area contributed by atoms with Gasteiger partial charge in [-0.15, -0.1) is 0 Å². The first-order valence-corrected chi connectivity index (χ1v) is 14.8. The number of hydrogen-bond acceptors (Lipinski definition) is 6. The normalized spacial score (nSPS) is 14.6. The number of carbonyl (C=O) groups excluding carboxylic acids is 1. The fourth-order valence-corrected chi connectivity index (χ4v) is 4.20. The molecule has 0 fully saturated rings. The molecule has 0 saturated heterocycles. The van der Waals surface area contributed by atoms with E-state index in [0.29, 0.717) is 17.4 Å². The predicted octanol–water partition coefficient (Wildman–Crippen LogP) is 4.81. The van der Waals surface area contributed by atoms with Gasteiger partial charge < -0.3 is 28.5 Å². The van der Waals surface area contributed by atoms with E-state index in [1.54, 1.807) is 0 Å². The Morgan fingerprint density at radius 2 is 1.38 bits per heavy atom. The van der Waals surface area contributed by atoms with Crippen molar-refractivity contribution in [2.45, 2.75) is 103 Å². The summed E-state index contributed by atoms with van der Waals surface area (Å²) in [4.78, 5) is 23.9. The van der Waals surface area contributed by atoms with Crippen LogP contribution in [0.1, 0.15) is 96.8 Å². The molecule has 1 amide bonds. The predicted molar refractivity (Wildman–Crippen MR) is 137 cm³/mol. The van der Waals surface area contributed by atoms with E-state index in [2.05, 4.69) is 12.2 Å². The lowest BCUT2D eigenvalue weighted by atomic mass is 10.0. The maximum Gasteiger partial charge on any atom is 0.268 e. The standard InChI is InChI=1S/C25H53N2O6P/c1-6-7-8-9-10-11-12-13-14-15-16-17-18-19-25(28)26-22-24(31-5)23-33-34(29,30)32-21-20-27(2,3)4/h24H,6-23H2,1-5H3,(H-,26,28,29,30). The van der Waals surface area contributed by atoms with E-state index in [1.165, 1.54) is 77.7 Å². The first-order valence-electron chi connectivity index (χ1n) is 13.3. The molecule has 9 heteroatoms. The number of likely N-dealkylation sites (N-methyl/N-ethyl adjacent to an activating group) is 1. The summed E-state index contributed by atoms with van der Waals surface area (Å²) in [6.45, 7) is 2.85. The number of phosphoric acid groups is 1. The molecule has 0 aliphatic heterocycles.